The van der Waals surface area contributed by atoms with Gasteiger partial charge in [0.25, 0.3) is 0 Å². The lowest BCUT2D eigenvalue weighted by Gasteiger charge is -2.18. The molecule has 1 heterocycles. The summed E-state index contributed by atoms with van der Waals surface area (Å²) in [6, 6.07) is 17.3. The number of carbonyl (C=O) groups excluding carboxylic acids is 1. The van der Waals surface area contributed by atoms with Crippen molar-refractivity contribution in [3.63, 3.8) is 0 Å². The van der Waals surface area contributed by atoms with E-state index in [4.69, 9.17) is 11.6 Å². The van der Waals surface area contributed by atoms with Crippen molar-refractivity contribution in [3.8, 4) is 10.6 Å². The molecular weight excluding hydrogens is 342 g/mol. The van der Waals surface area contributed by atoms with E-state index in [0.717, 1.165) is 16.1 Å². The fraction of sp³-hybridized carbons (Fsp3) is 0.167. The molecule has 4 nitrogen and oxygen atoms in total. The minimum absolute atomic E-state index is 0.0256. The van der Waals surface area contributed by atoms with Crippen LogP contribution in [0.2, 0.25) is 5.02 Å². The molecule has 0 saturated carbocycles. The fourth-order valence-electron chi connectivity index (χ4n) is 2.25. The Hall–Kier alpha value is -2.24. The van der Waals surface area contributed by atoms with E-state index in [9.17, 15) is 4.79 Å². The van der Waals surface area contributed by atoms with Gasteiger partial charge in [-0.3, -0.25) is 9.69 Å². The molecule has 24 heavy (non-hydrogen) atoms. The number of aromatic nitrogens is 2. The van der Waals surface area contributed by atoms with E-state index in [1.807, 2.05) is 61.5 Å². The average molecular weight is 358 g/mol. The quantitative estimate of drug-likeness (QED) is 0.658. The van der Waals surface area contributed by atoms with Gasteiger partial charge < -0.3 is 0 Å². The molecule has 0 N–H and O–H groups in total. The minimum atomic E-state index is 0.0256. The third-order valence-electron chi connectivity index (χ3n) is 3.52. The van der Waals surface area contributed by atoms with Crippen molar-refractivity contribution >= 4 is 34.0 Å². The standard InChI is InChI=1S/C18H16ClN3OS/c1-2-16(23)22(12-13-6-4-3-5-7-13)18-21-20-17(24-18)14-8-10-15(19)11-9-14/h3-11H,2,12H2,1H3. The third-order valence-corrected chi connectivity index (χ3v) is 4.77. The number of benzene rings is 2. The molecule has 0 bridgehead atoms. The van der Waals surface area contributed by atoms with Crippen LogP contribution in [0.25, 0.3) is 10.6 Å². The molecule has 0 fully saturated rings. The van der Waals surface area contributed by atoms with Gasteiger partial charge in [-0.25, -0.2) is 0 Å². The number of hydrogen-bond donors (Lipinski definition) is 0. The van der Waals surface area contributed by atoms with Crippen molar-refractivity contribution in [2.75, 3.05) is 4.90 Å². The first-order valence-corrected chi connectivity index (χ1v) is 8.80. The zero-order chi connectivity index (χ0) is 16.9. The zero-order valence-corrected chi connectivity index (χ0v) is 14.7. The zero-order valence-electron chi connectivity index (χ0n) is 13.1. The van der Waals surface area contributed by atoms with E-state index in [2.05, 4.69) is 10.2 Å². The molecule has 3 aromatic rings. The molecule has 1 amide bonds. The number of hydrogen-bond acceptors (Lipinski definition) is 4. The molecule has 0 saturated heterocycles. The lowest BCUT2D eigenvalue weighted by Crippen LogP contribution is -2.29. The van der Waals surface area contributed by atoms with Gasteiger partial charge in [0.1, 0.15) is 5.01 Å². The van der Waals surface area contributed by atoms with Gasteiger partial charge in [-0.1, -0.05) is 72.3 Å². The maximum absolute atomic E-state index is 12.4. The first kappa shape index (κ1) is 16.6. The van der Waals surface area contributed by atoms with E-state index in [1.165, 1.54) is 11.3 Å². The molecule has 0 aliphatic heterocycles. The van der Waals surface area contributed by atoms with Crippen LogP contribution >= 0.6 is 22.9 Å². The Balaban J connectivity index is 1.88. The molecule has 1 aromatic heterocycles. The van der Waals surface area contributed by atoms with Crippen LogP contribution in [-0.4, -0.2) is 16.1 Å². The van der Waals surface area contributed by atoms with Gasteiger partial charge in [-0.05, 0) is 17.7 Å². The van der Waals surface area contributed by atoms with E-state index in [1.54, 1.807) is 4.90 Å². The lowest BCUT2D eigenvalue weighted by molar-refractivity contribution is -0.118. The number of carbonyl (C=O) groups is 1. The molecule has 0 radical (unpaired) electrons. The molecule has 6 heteroatoms. The Kier molecular flexibility index (Phi) is 5.23. The van der Waals surface area contributed by atoms with Crippen LogP contribution in [0.3, 0.4) is 0 Å². The van der Waals surface area contributed by atoms with Gasteiger partial charge in [0.05, 0.1) is 6.54 Å². The van der Waals surface area contributed by atoms with Gasteiger partial charge in [-0.15, -0.1) is 10.2 Å². The van der Waals surface area contributed by atoms with E-state index < -0.39 is 0 Å². The van der Waals surface area contributed by atoms with E-state index >= 15 is 0 Å². The highest BCUT2D eigenvalue weighted by Crippen LogP contribution is 2.30. The molecule has 2 aromatic carbocycles. The second-order valence-corrected chi connectivity index (χ2v) is 6.61. The SMILES string of the molecule is CCC(=O)N(Cc1ccccc1)c1nnc(-c2ccc(Cl)cc2)s1. The fourth-order valence-corrected chi connectivity index (χ4v) is 3.25. The predicted molar refractivity (Wildman–Crippen MR) is 98.3 cm³/mol. The van der Waals surface area contributed by atoms with E-state index in [-0.39, 0.29) is 5.91 Å². The van der Waals surface area contributed by atoms with Gasteiger partial charge in [0.2, 0.25) is 11.0 Å². The van der Waals surface area contributed by atoms with Crippen molar-refractivity contribution in [2.45, 2.75) is 19.9 Å². The summed E-state index contributed by atoms with van der Waals surface area (Å²) >= 11 is 7.32. The highest BCUT2D eigenvalue weighted by Gasteiger charge is 2.19. The molecule has 3 rings (SSSR count). The number of amides is 1. The summed E-state index contributed by atoms with van der Waals surface area (Å²) in [5, 5.41) is 10.5. The van der Waals surface area contributed by atoms with Crippen LogP contribution in [-0.2, 0) is 11.3 Å². The van der Waals surface area contributed by atoms with Crippen molar-refractivity contribution in [3.05, 3.63) is 65.2 Å². The maximum atomic E-state index is 12.4. The molecular formula is C18H16ClN3OS. The largest absolute Gasteiger partial charge is 0.282 e. The Morgan fingerprint density at radius 2 is 1.79 bits per heavy atom. The summed E-state index contributed by atoms with van der Waals surface area (Å²) in [5.41, 5.74) is 1.99. The third kappa shape index (κ3) is 3.80. The monoisotopic (exact) mass is 357 g/mol. The number of rotatable bonds is 5. The smallest absolute Gasteiger partial charge is 0.228 e. The second kappa shape index (κ2) is 7.55. The summed E-state index contributed by atoms with van der Waals surface area (Å²) in [5.74, 6) is 0.0256. The summed E-state index contributed by atoms with van der Waals surface area (Å²) in [4.78, 5) is 14.0. The van der Waals surface area contributed by atoms with Crippen LogP contribution in [0.1, 0.15) is 18.9 Å². The lowest BCUT2D eigenvalue weighted by atomic mass is 10.2. The summed E-state index contributed by atoms with van der Waals surface area (Å²) < 4.78 is 0. The summed E-state index contributed by atoms with van der Waals surface area (Å²) in [6.45, 7) is 2.34. The number of anilines is 1. The van der Waals surface area contributed by atoms with Gasteiger partial charge >= 0.3 is 0 Å². The Bertz CT molecular complexity index is 818. The Morgan fingerprint density at radius 1 is 1.08 bits per heavy atom. The van der Waals surface area contributed by atoms with E-state index in [0.29, 0.717) is 23.1 Å². The van der Waals surface area contributed by atoms with Crippen LogP contribution in [0.4, 0.5) is 5.13 Å². The minimum Gasteiger partial charge on any atom is -0.282 e. The first-order valence-electron chi connectivity index (χ1n) is 7.61. The molecule has 0 aliphatic rings. The summed E-state index contributed by atoms with van der Waals surface area (Å²) in [6.07, 6.45) is 0.419. The van der Waals surface area contributed by atoms with Crippen molar-refractivity contribution in [1.29, 1.82) is 0 Å². The molecule has 122 valence electrons. The molecule has 0 unspecified atom stereocenters. The van der Waals surface area contributed by atoms with Gasteiger partial charge in [0.15, 0.2) is 0 Å². The molecule has 0 aliphatic carbocycles. The maximum Gasteiger partial charge on any atom is 0.228 e. The summed E-state index contributed by atoms with van der Waals surface area (Å²) in [7, 11) is 0. The highest BCUT2D eigenvalue weighted by molar-refractivity contribution is 7.18. The van der Waals surface area contributed by atoms with Crippen molar-refractivity contribution in [1.82, 2.24) is 10.2 Å². The van der Waals surface area contributed by atoms with Crippen LogP contribution in [0.15, 0.2) is 54.6 Å². The topological polar surface area (TPSA) is 46.1 Å². The van der Waals surface area contributed by atoms with Crippen molar-refractivity contribution in [2.24, 2.45) is 0 Å². The molecule has 0 spiro atoms. The second-order valence-electron chi connectivity index (χ2n) is 5.22. The number of halogens is 1. The number of nitrogens with zero attached hydrogens (tertiary/aromatic N) is 3. The van der Waals surface area contributed by atoms with Crippen LogP contribution in [0.5, 0.6) is 0 Å². The first-order chi connectivity index (χ1) is 11.7. The van der Waals surface area contributed by atoms with Gasteiger partial charge in [0, 0.05) is 17.0 Å². The Morgan fingerprint density at radius 3 is 2.46 bits per heavy atom. The van der Waals surface area contributed by atoms with Crippen LogP contribution < -0.4 is 4.90 Å². The molecule has 0 atom stereocenters. The van der Waals surface area contributed by atoms with Gasteiger partial charge in [-0.2, -0.15) is 0 Å². The normalized spacial score (nSPS) is 10.6. The average Bonchev–Trinajstić information content (AvgIpc) is 3.10. The highest BCUT2D eigenvalue weighted by atomic mass is 35.5. The van der Waals surface area contributed by atoms with Crippen molar-refractivity contribution < 1.29 is 4.79 Å². The predicted octanol–water partition coefficient (Wildman–Crippen LogP) is 4.80. The Labute approximate surface area is 149 Å². The van der Waals surface area contributed by atoms with Crippen LogP contribution in [0, 0.1) is 0 Å².